The Kier molecular flexibility index (Phi) is 4.27. The van der Waals surface area contributed by atoms with E-state index < -0.39 is 10.0 Å². The van der Waals surface area contributed by atoms with Gasteiger partial charge in [0.05, 0.1) is 4.90 Å². The Hall–Kier alpha value is -0.920. The van der Waals surface area contributed by atoms with E-state index in [1.807, 2.05) is 11.8 Å². The largest absolute Gasteiger partial charge is 0.399 e. The van der Waals surface area contributed by atoms with Gasteiger partial charge in [0.2, 0.25) is 10.0 Å². The topological polar surface area (TPSA) is 98.2 Å². The first-order valence-electron chi connectivity index (χ1n) is 6.12. The number of thioether (sulfide) groups is 1. The molecule has 5 nitrogen and oxygen atoms in total. The molecule has 19 heavy (non-hydrogen) atoms. The van der Waals surface area contributed by atoms with Crippen molar-refractivity contribution in [2.45, 2.75) is 18.2 Å². The smallest absolute Gasteiger partial charge is 0.238 e. The van der Waals surface area contributed by atoms with Gasteiger partial charge in [0.25, 0.3) is 0 Å². The number of rotatable bonds is 4. The second-order valence-electron chi connectivity index (χ2n) is 4.85. The van der Waals surface area contributed by atoms with Crippen molar-refractivity contribution in [1.29, 1.82) is 0 Å². The number of sulfonamides is 1. The van der Waals surface area contributed by atoms with Crippen LogP contribution in [0.3, 0.4) is 0 Å². The molecular weight excluding hydrogens is 282 g/mol. The van der Waals surface area contributed by atoms with E-state index in [0.717, 1.165) is 18.0 Å². The van der Waals surface area contributed by atoms with Crippen molar-refractivity contribution in [2.24, 2.45) is 11.1 Å². The molecule has 1 aromatic carbocycles. The summed E-state index contributed by atoms with van der Waals surface area (Å²) in [7, 11) is -3.74. The van der Waals surface area contributed by atoms with Crippen molar-refractivity contribution >= 4 is 33.2 Å². The summed E-state index contributed by atoms with van der Waals surface area (Å²) in [6.07, 6.45) is 1.20. The molecule has 0 aliphatic carbocycles. The van der Waals surface area contributed by atoms with Crippen molar-refractivity contribution in [3.8, 4) is 0 Å². The van der Waals surface area contributed by atoms with Crippen LogP contribution in [0, 0.1) is 12.8 Å². The van der Waals surface area contributed by atoms with Gasteiger partial charge in [-0.1, -0.05) is 0 Å². The highest BCUT2D eigenvalue weighted by Gasteiger charge is 2.18. The molecule has 1 aromatic rings. The molecule has 1 fully saturated rings. The highest BCUT2D eigenvalue weighted by Crippen LogP contribution is 2.28. The maximum absolute atomic E-state index is 11.5. The molecule has 0 saturated carbocycles. The molecular formula is C12H19N3O2S2. The molecule has 0 bridgehead atoms. The van der Waals surface area contributed by atoms with Crippen molar-refractivity contribution in [1.82, 2.24) is 0 Å². The molecule has 1 aliphatic heterocycles. The maximum atomic E-state index is 11.5. The number of hydrogen-bond donors (Lipinski definition) is 3. The third-order valence-corrected chi connectivity index (χ3v) is 5.56. The van der Waals surface area contributed by atoms with Gasteiger partial charge in [-0.15, -0.1) is 0 Å². The van der Waals surface area contributed by atoms with Crippen LogP contribution in [0.4, 0.5) is 11.4 Å². The van der Waals surface area contributed by atoms with Crippen LogP contribution < -0.4 is 16.2 Å². The monoisotopic (exact) mass is 301 g/mol. The van der Waals surface area contributed by atoms with E-state index in [0.29, 0.717) is 17.2 Å². The minimum Gasteiger partial charge on any atom is -0.399 e. The fourth-order valence-electron chi connectivity index (χ4n) is 2.19. The van der Waals surface area contributed by atoms with Crippen LogP contribution in [0.5, 0.6) is 0 Å². The average Bonchev–Trinajstić information content (AvgIpc) is 2.81. The lowest BCUT2D eigenvalue weighted by atomic mass is 10.1. The summed E-state index contributed by atoms with van der Waals surface area (Å²) in [6.45, 7) is 2.58. The first-order valence-corrected chi connectivity index (χ1v) is 8.82. The van der Waals surface area contributed by atoms with E-state index in [4.69, 9.17) is 10.9 Å². The molecule has 1 heterocycles. The quantitative estimate of drug-likeness (QED) is 0.730. The Morgan fingerprint density at radius 2 is 2.21 bits per heavy atom. The van der Waals surface area contributed by atoms with Crippen molar-refractivity contribution < 1.29 is 8.42 Å². The molecule has 0 amide bonds. The van der Waals surface area contributed by atoms with Crippen LogP contribution in [0.25, 0.3) is 0 Å². The maximum Gasteiger partial charge on any atom is 0.238 e. The third-order valence-electron chi connectivity index (χ3n) is 3.29. The molecule has 2 rings (SSSR count). The van der Waals surface area contributed by atoms with E-state index in [1.165, 1.54) is 18.2 Å². The second-order valence-corrected chi connectivity index (χ2v) is 7.53. The zero-order valence-electron chi connectivity index (χ0n) is 10.8. The Bertz CT molecular complexity index is 567. The molecule has 1 saturated heterocycles. The highest BCUT2D eigenvalue weighted by atomic mass is 32.2. The lowest BCUT2D eigenvalue weighted by Gasteiger charge is -2.16. The Morgan fingerprint density at radius 1 is 1.47 bits per heavy atom. The fraction of sp³-hybridized carbons (Fsp3) is 0.500. The normalized spacial score (nSPS) is 19.6. The van der Waals surface area contributed by atoms with Crippen molar-refractivity contribution in [3.05, 3.63) is 17.7 Å². The molecule has 106 valence electrons. The zero-order chi connectivity index (χ0) is 14.0. The van der Waals surface area contributed by atoms with Gasteiger partial charge in [-0.05, 0) is 48.5 Å². The van der Waals surface area contributed by atoms with Gasteiger partial charge < -0.3 is 11.1 Å². The van der Waals surface area contributed by atoms with Gasteiger partial charge in [0.1, 0.15) is 0 Å². The summed E-state index contributed by atoms with van der Waals surface area (Å²) >= 11 is 1.95. The van der Waals surface area contributed by atoms with Crippen LogP contribution in [0.15, 0.2) is 17.0 Å². The summed E-state index contributed by atoms with van der Waals surface area (Å²) in [5, 5.41) is 8.49. The Morgan fingerprint density at radius 3 is 2.79 bits per heavy atom. The number of primary sulfonamides is 1. The first kappa shape index (κ1) is 14.5. The Labute approximate surface area is 118 Å². The number of benzene rings is 1. The lowest BCUT2D eigenvalue weighted by molar-refractivity contribution is 0.597. The molecule has 0 aromatic heterocycles. The van der Waals surface area contributed by atoms with Gasteiger partial charge in [-0.25, -0.2) is 13.6 Å². The number of nitrogens with two attached hydrogens (primary N) is 2. The van der Waals surface area contributed by atoms with E-state index in [-0.39, 0.29) is 4.90 Å². The lowest BCUT2D eigenvalue weighted by Crippen LogP contribution is -2.17. The van der Waals surface area contributed by atoms with Gasteiger partial charge >= 0.3 is 0 Å². The molecule has 7 heteroatoms. The molecule has 0 radical (unpaired) electrons. The third kappa shape index (κ3) is 3.55. The summed E-state index contributed by atoms with van der Waals surface area (Å²) in [5.41, 5.74) is 7.52. The van der Waals surface area contributed by atoms with Crippen LogP contribution >= 0.6 is 11.8 Å². The summed E-state index contributed by atoms with van der Waals surface area (Å²) in [6, 6.07) is 3.16. The first-order chi connectivity index (χ1) is 8.88. The van der Waals surface area contributed by atoms with Crippen LogP contribution in [0.2, 0.25) is 0 Å². The molecule has 1 aliphatic rings. The molecule has 1 unspecified atom stereocenters. The number of nitrogens with one attached hydrogen (secondary N) is 1. The van der Waals surface area contributed by atoms with E-state index in [1.54, 1.807) is 13.0 Å². The summed E-state index contributed by atoms with van der Waals surface area (Å²) in [4.78, 5) is 0.0933. The summed E-state index contributed by atoms with van der Waals surface area (Å²) < 4.78 is 23.0. The SMILES string of the molecule is Cc1c(NCC2CCSC2)cc(N)cc1S(N)(=O)=O. The molecule has 1 atom stereocenters. The van der Waals surface area contributed by atoms with Crippen LogP contribution in [0.1, 0.15) is 12.0 Å². The number of anilines is 2. The molecule has 5 N–H and O–H groups in total. The van der Waals surface area contributed by atoms with Crippen LogP contribution in [-0.2, 0) is 10.0 Å². The predicted molar refractivity (Wildman–Crippen MR) is 80.9 cm³/mol. The molecule has 0 spiro atoms. The average molecular weight is 301 g/mol. The number of nitrogen functional groups attached to an aromatic ring is 1. The van der Waals surface area contributed by atoms with Crippen LogP contribution in [-0.4, -0.2) is 26.5 Å². The highest BCUT2D eigenvalue weighted by molar-refractivity contribution is 7.99. The minimum atomic E-state index is -3.74. The zero-order valence-corrected chi connectivity index (χ0v) is 12.5. The van der Waals surface area contributed by atoms with Crippen molar-refractivity contribution in [3.63, 3.8) is 0 Å². The Balaban J connectivity index is 2.22. The van der Waals surface area contributed by atoms with E-state index in [9.17, 15) is 8.42 Å². The van der Waals surface area contributed by atoms with Gasteiger partial charge in [0.15, 0.2) is 0 Å². The van der Waals surface area contributed by atoms with E-state index >= 15 is 0 Å². The summed E-state index contributed by atoms with van der Waals surface area (Å²) in [5.74, 6) is 2.98. The standard InChI is InChI=1S/C12H19N3O2S2/c1-8-11(15-6-9-2-3-18-7-9)4-10(13)5-12(8)19(14,16)17/h4-5,9,15H,2-3,6-7,13H2,1H3,(H2,14,16,17). The fourth-order valence-corrected chi connectivity index (χ4v) is 4.31. The predicted octanol–water partition coefficient (Wildman–Crippen LogP) is 1.39. The van der Waals surface area contributed by atoms with Crippen molar-refractivity contribution in [2.75, 3.05) is 29.1 Å². The van der Waals surface area contributed by atoms with Gasteiger partial charge in [0, 0.05) is 17.9 Å². The second kappa shape index (κ2) is 5.60. The van der Waals surface area contributed by atoms with E-state index in [2.05, 4.69) is 5.32 Å². The van der Waals surface area contributed by atoms with Gasteiger partial charge in [-0.3, -0.25) is 0 Å². The number of hydrogen-bond acceptors (Lipinski definition) is 5. The minimum absolute atomic E-state index is 0.0933. The van der Waals surface area contributed by atoms with Gasteiger partial charge in [-0.2, -0.15) is 11.8 Å².